The highest BCUT2D eigenvalue weighted by Crippen LogP contribution is 2.08. The summed E-state index contributed by atoms with van der Waals surface area (Å²) in [5.41, 5.74) is 7.37. The molecule has 1 aromatic rings. The van der Waals surface area contributed by atoms with Gasteiger partial charge >= 0.3 is 0 Å². The molecule has 1 atom stereocenters. The lowest BCUT2D eigenvalue weighted by atomic mass is 10.1. The average molecular weight is 233 g/mol. The van der Waals surface area contributed by atoms with E-state index in [1.54, 1.807) is 0 Å². The quantitative estimate of drug-likeness (QED) is 0.737. The van der Waals surface area contributed by atoms with Crippen LogP contribution in [-0.2, 0) is 11.2 Å². The van der Waals surface area contributed by atoms with Crippen LogP contribution in [0.3, 0.4) is 0 Å². The van der Waals surface area contributed by atoms with Crippen molar-refractivity contribution in [1.29, 1.82) is 0 Å². The molecule has 1 amide bonds. The smallest absolute Gasteiger partial charge is 0.227 e. The van der Waals surface area contributed by atoms with E-state index in [1.807, 2.05) is 29.2 Å². The third-order valence-corrected chi connectivity index (χ3v) is 3.06. The van der Waals surface area contributed by atoms with Gasteiger partial charge in [-0.2, -0.15) is 0 Å². The van der Waals surface area contributed by atoms with Gasteiger partial charge in [0, 0.05) is 31.4 Å². The minimum atomic E-state index is 0.197. The zero-order valence-electron chi connectivity index (χ0n) is 10.1. The predicted molar refractivity (Wildman–Crippen MR) is 68.6 cm³/mol. The van der Waals surface area contributed by atoms with Crippen LogP contribution in [0.5, 0.6) is 0 Å². The Morgan fingerprint density at radius 1 is 1.47 bits per heavy atom. The Bertz CT molecular complexity index is 388. The number of carbonyl (C=O) groups excluding carboxylic acids is 1. The molecule has 17 heavy (non-hydrogen) atoms. The molecule has 0 saturated carbocycles. The molecule has 1 aliphatic rings. The summed E-state index contributed by atoms with van der Waals surface area (Å²) in [6.45, 7) is 4.59. The van der Waals surface area contributed by atoms with E-state index >= 15 is 0 Å². The van der Waals surface area contributed by atoms with Crippen LogP contribution in [0.1, 0.15) is 12.5 Å². The van der Waals surface area contributed by atoms with Crippen molar-refractivity contribution in [3.63, 3.8) is 0 Å². The first kappa shape index (κ1) is 11.9. The van der Waals surface area contributed by atoms with Gasteiger partial charge in [0.25, 0.3) is 0 Å². The van der Waals surface area contributed by atoms with Crippen molar-refractivity contribution in [3.05, 3.63) is 29.8 Å². The lowest BCUT2D eigenvalue weighted by Crippen LogP contribution is -2.51. The van der Waals surface area contributed by atoms with Crippen LogP contribution in [0.15, 0.2) is 24.3 Å². The van der Waals surface area contributed by atoms with Gasteiger partial charge in [-0.25, -0.2) is 0 Å². The molecule has 0 unspecified atom stereocenters. The zero-order chi connectivity index (χ0) is 12.3. The minimum absolute atomic E-state index is 0.197. The molecular weight excluding hydrogens is 214 g/mol. The maximum atomic E-state index is 12.1. The predicted octanol–water partition coefficient (Wildman–Crippen LogP) is 0.632. The van der Waals surface area contributed by atoms with Gasteiger partial charge in [0.2, 0.25) is 5.91 Å². The number of piperazine rings is 1. The van der Waals surface area contributed by atoms with Gasteiger partial charge < -0.3 is 16.0 Å². The minimum Gasteiger partial charge on any atom is -0.399 e. The Kier molecular flexibility index (Phi) is 3.64. The Hall–Kier alpha value is -1.55. The number of rotatable bonds is 2. The summed E-state index contributed by atoms with van der Waals surface area (Å²) >= 11 is 0. The molecule has 1 aromatic carbocycles. The van der Waals surface area contributed by atoms with Crippen LogP contribution in [0, 0.1) is 0 Å². The summed E-state index contributed by atoms with van der Waals surface area (Å²) in [4.78, 5) is 14.0. The van der Waals surface area contributed by atoms with Crippen LogP contribution in [0.25, 0.3) is 0 Å². The second kappa shape index (κ2) is 5.19. The van der Waals surface area contributed by atoms with Crippen molar-refractivity contribution in [3.8, 4) is 0 Å². The first-order chi connectivity index (χ1) is 8.15. The van der Waals surface area contributed by atoms with E-state index in [1.165, 1.54) is 0 Å². The van der Waals surface area contributed by atoms with Crippen molar-refractivity contribution in [2.75, 3.05) is 25.4 Å². The molecule has 1 fully saturated rings. The number of anilines is 1. The summed E-state index contributed by atoms with van der Waals surface area (Å²) in [6, 6.07) is 7.89. The van der Waals surface area contributed by atoms with E-state index in [0.29, 0.717) is 12.5 Å². The summed E-state index contributed by atoms with van der Waals surface area (Å²) in [6.07, 6.45) is 0.465. The number of nitrogen functional groups attached to an aromatic ring is 1. The normalized spacial score (nSPS) is 20.3. The molecule has 2 rings (SSSR count). The van der Waals surface area contributed by atoms with E-state index < -0.39 is 0 Å². The molecule has 0 aromatic heterocycles. The van der Waals surface area contributed by atoms with Gasteiger partial charge in [0.15, 0.2) is 0 Å². The molecule has 92 valence electrons. The fourth-order valence-electron chi connectivity index (χ4n) is 2.08. The van der Waals surface area contributed by atoms with Crippen LogP contribution < -0.4 is 11.1 Å². The number of nitrogens with two attached hydrogens (primary N) is 1. The van der Waals surface area contributed by atoms with Crippen LogP contribution in [0.2, 0.25) is 0 Å². The standard InChI is InChI=1S/C13H19N3O/c1-10-9-16(7-6-15-10)13(17)8-11-2-4-12(14)5-3-11/h2-5,10,15H,6-9,14H2,1H3/t10-/m1/s1. The molecule has 1 aliphatic heterocycles. The SMILES string of the molecule is C[C@@H]1CN(C(=O)Cc2ccc(N)cc2)CCN1. The van der Waals surface area contributed by atoms with Crippen LogP contribution in [0.4, 0.5) is 5.69 Å². The number of nitrogens with zero attached hydrogens (tertiary/aromatic N) is 1. The number of amides is 1. The van der Waals surface area contributed by atoms with Gasteiger partial charge in [-0.3, -0.25) is 4.79 Å². The van der Waals surface area contributed by atoms with Crippen molar-refractivity contribution in [2.45, 2.75) is 19.4 Å². The topological polar surface area (TPSA) is 58.4 Å². The number of hydrogen-bond donors (Lipinski definition) is 2. The number of hydrogen-bond acceptors (Lipinski definition) is 3. The summed E-state index contributed by atoms with van der Waals surface area (Å²) in [5.74, 6) is 0.197. The van der Waals surface area contributed by atoms with Gasteiger partial charge in [0.05, 0.1) is 6.42 Å². The molecule has 0 aliphatic carbocycles. The molecule has 0 bridgehead atoms. The van der Waals surface area contributed by atoms with Crippen LogP contribution in [-0.4, -0.2) is 36.5 Å². The molecule has 4 nitrogen and oxygen atoms in total. The first-order valence-corrected chi connectivity index (χ1v) is 6.01. The van der Waals surface area contributed by atoms with E-state index in [-0.39, 0.29) is 5.91 Å². The second-order valence-corrected chi connectivity index (χ2v) is 4.61. The Balaban J connectivity index is 1.94. The van der Waals surface area contributed by atoms with Gasteiger partial charge in [-0.1, -0.05) is 12.1 Å². The monoisotopic (exact) mass is 233 g/mol. The lowest BCUT2D eigenvalue weighted by Gasteiger charge is -2.32. The first-order valence-electron chi connectivity index (χ1n) is 6.01. The van der Waals surface area contributed by atoms with E-state index in [4.69, 9.17) is 5.73 Å². The van der Waals surface area contributed by atoms with Gasteiger partial charge in [0.1, 0.15) is 0 Å². The van der Waals surface area contributed by atoms with Gasteiger partial charge in [-0.05, 0) is 24.6 Å². The molecule has 0 spiro atoms. The summed E-state index contributed by atoms with van der Waals surface area (Å²) in [5, 5.41) is 3.33. The van der Waals surface area contributed by atoms with E-state index in [2.05, 4.69) is 12.2 Å². The average Bonchev–Trinajstić information content (AvgIpc) is 2.32. The van der Waals surface area contributed by atoms with E-state index in [0.717, 1.165) is 30.9 Å². The number of carbonyl (C=O) groups is 1. The molecular formula is C13H19N3O. The second-order valence-electron chi connectivity index (χ2n) is 4.61. The van der Waals surface area contributed by atoms with Crippen molar-refractivity contribution < 1.29 is 4.79 Å². The Morgan fingerprint density at radius 2 is 2.18 bits per heavy atom. The van der Waals surface area contributed by atoms with Crippen molar-refractivity contribution in [1.82, 2.24) is 10.2 Å². The van der Waals surface area contributed by atoms with Crippen LogP contribution >= 0.6 is 0 Å². The lowest BCUT2D eigenvalue weighted by molar-refractivity contribution is -0.131. The fraction of sp³-hybridized carbons (Fsp3) is 0.462. The Morgan fingerprint density at radius 3 is 2.82 bits per heavy atom. The van der Waals surface area contributed by atoms with Crippen molar-refractivity contribution in [2.24, 2.45) is 0 Å². The molecule has 4 heteroatoms. The molecule has 1 heterocycles. The zero-order valence-corrected chi connectivity index (χ0v) is 10.1. The third kappa shape index (κ3) is 3.20. The number of nitrogens with one attached hydrogen (secondary N) is 1. The largest absolute Gasteiger partial charge is 0.399 e. The molecule has 3 N–H and O–H groups in total. The highest BCUT2D eigenvalue weighted by atomic mass is 16.2. The summed E-state index contributed by atoms with van der Waals surface area (Å²) < 4.78 is 0. The highest BCUT2D eigenvalue weighted by molar-refractivity contribution is 5.79. The van der Waals surface area contributed by atoms with Crippen molar-refractivity contribution >= 4 is 11.6 Å². The highest BCUT2D eigenvalue weighted by Gasteiger charge is 2.20. The molecule has 1 saturated heterocycles. The maximum Gasteiger partial charge on any atom is 0.227 e. The third-order valence-electron chi connectivity index (χ3n) is 3.06. The Labute approximate surface area is 102 Å². The van der Waals surface area contributed by atoms with E-state index in [9.17, 15) is 4.79 Å². The molecule has 0 radical (unpaired) electrons. The number of benzene rings is 1. The summed E-state index contributed by atoms with van der Waals surface area (Å²) in [7, 11) is 0. The fourth-order valence-corrected chi connectivity index (χ4v) is 2.08. The maximum absolute atomic E-state index is 12.1. The van der Waals surface area contributed by atoms with Gasteiger partial charge in [-0.15, -0.1) is 0 Å².